The number of hydrogen-bond acceptors (Lipinski definition) is 6. The van der Waals surface area contributed by atoms with Crippen molar-refractivity contribution in [2.24, 2.45) is 0 Å². The van der Waals surface area contributed by atoms with Crippen LogP contribution in [0.15, 0.2) is 30.6 Å². The molecule has 1 aromatic carbocycles. The van der Waals surface area contributed by atoms with Crippen LogP contribution in [0.2, 0.25) is 0 Å². The summed E-state index contributed by atoms with van der Waals surface area (Å²) >= 11 is 0. The van der Waals surface area contributed by atoms with Crippen LogP contribution in [0.5, 0.6) is 0 Å². The van der Waals surface area contributed by atoms with Crippen LogP contribution in [0.3, 0.4) is 0 Å². The summed E-state index contributed by atoms with van der Waals surface area (Å²) in [5.41, 5.74) is 2.97. The Bertz CT molecular complexity index is 1150. The van der Waals surface area contributed by atoms with Gasteiger partial charge in [-0.15, -0.1) is 0 Å². The molecule has 0 atom stereocenters. The molecule has 1 spiro atoms. The summed E-state index contributed by atoms with van der Waals surface area (Å²) in [4.78, 5) is 23.5. The smallest absolute Gasteiger partial charge is 0.259 e. The molecule has 2 aliphatic rings. The molecule has 8 nitrogen and oxygen atoms in total. The predicted molar refractivity (Wildman–Crippen MR) is 113 cm³/mol. The predicted octanol–water partition coefficient (Wildman–Crippen LogP) is 3.08. The highest BCUT2D eigenvalue weighted by Crippen LogP contribution is 2.33. The minimum atomic E-state index is -0.570. The second-order valence-electron chi connectivity index (χ2n) is 8.04. The van der Waals surface area contributed by atoms with E-state index in [9.17, 15) is 9.18 Å². The van der Waals surface area contributed by atoms with Crippen molar-refractivity contribution in [3.63, 3.8) is 0 Å². The molecule has 9 heteroatoms. The molecule has 1 N–H and O–H groups in total. The van der Waals surface area contributed by atoms with Gasteiger partial charge in [-0.3, -0.25) is 4.79 Å². The van der Waals surface area contributed by atoms with Crippen LogP contribution in [0, 0.1) is 19.7 Å². The lowest BCUT2D eigenvalue weighted by Crippen LogP contribution is -2.45. The fourth-order valence-electron chi connectivity index (χ4n) is 4.29. The van der Waals surface area contributed by atoms with Gasteiger partial charge in [0.2, 0.25) is 0 Å². The first-order valence-electron chi connectivity index (χ1n) is 10.4. The minimum absolute atomic E-state index is 0.0268. The van der Waals surface area contributed by atoms with Crippen LogP contribution >= 0.6 is 0 Å². The fourth-order valence-corrected chi connectivity index (χ4v) is 4.29. The number of carbonyl (C=O) groups excluding carboxylic acids is 1. The molecule has 0 saturated carbocycles. The van der Waals surface area contributed by atoms with E-state index in [-0.39, 0.29) is 5.56 Å². The first-order chi connectivity index (χ1) is 14.9. The summed E-state index contributed by atoms with van der Waals surface area (Å²) in [6.07, 6.45) is 4.98. The van der Waals surface area contributed by atoms with E-state index in [0.717, 1.165) is 29.9 Å². The van der Waals surface area contributed by atoms with Crippen LogP contribution in [0.1, 0.15) is 34.6 Å². The van der Waals surface area contributed by atoms with Crippen molar-refractivity contribution in [1.82, 2.24) is 14.4 Å². The number of rotatable bonds is 3. The Balaban J connectivity index is 1.30. The Kier molecular flexibility index (Phi) is 4.86. The highest BCUT2D eigenvalue weighted by atomic mass is 19.1. The molecule has 0 unspecified atom stereocenters. The van der Waals surface area contributed by atoms with Gasteiger partial charge in [-0.2, -0.15) is 0 Å². The standard InChI is InChI=1S/C22H24FN5O3/c1-14-12-28-13-19(25-15(2)20(28)24-14)26-21(29)17-4-3-16(11-18(17)23)27-7-5-22(6-8-27)30-9-10-31-22/h3-4,11-13H,5-10H2,1-2H3,(H,26,29). The van der Waals surface area contributed by atoms with Crippen molar-refractivity contribution in [1.29, 1.82) is 0 Å². The number of halogens is 1. The highest BCUT2D eigenvalue weighted by molar-refractivity contribution is 6.04. The second kappa shape index (κ2) is 7.58. The average molecular weight is 425 g/mol. The molecule has 31 heavy (non-hydrogen) atoms. The third-order valence-corrected chi connectivity index (χ3v) is 5.87. The van der Waals surface area contributed by atoms with E-state index in [1.54, 1.807) is 16.7 Å². The van der Waals surface area contributed by atoms with Gasteiger partial charge in [-0.05, 0) is 32.0 Å². The number of anilines is 2. The molecule has 2 saturated heterocycles. The summed E-state index contributed by atoms with van der Waals surface area (Å²) in [6, 6.07) is 4.69. The van der Waals surface area contributed by atoms with Crippen LogP contribution in [0.25, 0.3) is 5.65 Å². The van der Waals surface area contributed by atoms with Gasteiger partial charge in [0.15, 0.2) is 11.4 Å². The zero-order valence-electron chi connectivity index (χ0n) is 17.5. The Labute approximate surface area is 179 Å². The summed E-state index contributed by atoms with van der Waals surface area (Å²) in [5.74, 6) is -1.25. The van der Waals surface area contributed by atoms with E-state index in [1.165, 1.54) is 12.1 Å². The van der Waals surface area contributed by atoms with Crippen molar-refractivity contribution in [3.05, 3.63) is 53.4 Å². The van der Waals surface area contributed by atoms with Crippen molar-refractivity contribution in [3.8, 4) is 0 Å². The topological polar surface area (TPSA) is 81.0 Å². The lowest BCUT2D eigenvalue weighted by molar-refractivity contribution is -0.169. The van der Waals surface area contributed by atoms with E-state index in [1.807, 2.05) is 20.0 Å². The van der Waals surface area contributed by atoms with E-state index in [2.05, 4.69) is 20.2 Å². The molecule has 2 aromatic heterocycles. The van der Waals surface area contributed by atoms with Gasteiger partial charge in [0.1, 0.15) is 11.6 Å². The molecule has 3 aromatic rings. The van der Waals surface area contributed by atoms with Crippen molar-refractivity contribution >= 4 is 23.1 Å². The van der Waals surface area contributed by atoms with E-state index in [4.69, 9.17) is 9.47 Å². The van der Waals surface area contributed by atoms with Gasteiger partial charge in [-0.1, -0.05) is 0 Å². The number of benzene rings is 1. The number of imidazole rings is 1. The van der Waals surface area contributed by atoms with Gasteiger partial charge < -0.3 is 24.1 Å². The van der Waals surface area contributed by atoms with Crippen LogP contribution in [-0.2, 0) is 9.47 Å². The lowest BCUT2D eigenvalue weighted by atomic mass is 10.0. The second-order valence-corrected chi connectivity index (χ2v) is 8.04. The average Bonchev–Trinajstić information content (AvgIpc) is 3.35. The molecular formula is C22H24FN5O3. The molecule has 2 aliphatic heterocycles. The Hall–Kier alpha value is -3.04. The molecule has 0 radical (unpaired) electrons. The van der Waals surface area contributed by atoms with Crippen LogP contribution in [0.4, 0.5) is 15.9 Å². The summed E-state index contributed by atoms with van der Waals surface area (Å²) in [6.45, 7) is 6.37. The van der Waals surface area contributed by atoms with Crippen molar-refractivity contribution in [2.75, 3.05) is 36.5 Å². The number of aryl methyl sites for hydroxylation is 2. The molecule has 5 rings (SSSR count). The van der Waals surface area contributed by atoms with Gasteiger partial charge in [-0.25, -0.2) is 14.4 Å². The maximum absolute atomic E-state index is 14.8. The largest absolute Gasteiger partial charge is 0.371 e. The third kappa shape index (κ3) is 3.75. The normalized spacial score (nSPS) is 18.1. The Morgan fingerprint density at radius 1 is 1.13 bits per heavy atom. The maximum atomic E-state index is 14.8. The number of nitrogens with one attached hydrogen (secondary N) is 1. The first-order valence-corrected chi connectivity index (χ1v) is 10.4. The molecular weight excluding hydrogens is 401 g/mol. The summed E-state index contributed by atoms with van der Waals surface area (Å²) in [7, 11) is 0. The zero-order chi connectivity index (χ0) is 21.6. The number of hydrogen-bond donors (Lipinski definition) is 1. The Morgan fingerprint density at radius 2 is 1.87 bits per heavy atom. The van der Waals surface area contributed by atoms with Crippen LogP contribution < -0.4 is 10.2 Å². The number of nitrogens with zero attached hydrogens (tertiary/aromatic N) is 4. The third-order valence-electron chi connectivity index (χ3n) is 5.87. The summed E-state index contributed by atoms with van der Waals surface area (Å²) < 4.78 is 28.1. The monoisotopic (exact) mass is 425 g/mol. The minimum Gasteiger partial charge on any atom is -0.371 e. The number of piperidine rings is 1. The molecule has 0 bridgehead atoms. The Morgan fingerprint density at radius 3 is 2.58 bits per heavy atom. The van der Waals surface area contributed by atoms with E-state index >= 15 is 0 Å². The molecule has 4 heterocycles. The van der Waals surface area contributed by atoms with Gasteiger partial charge >= 0.3 is 0 Å². The van der Waals surface area contributed by atoms with Crippen LogP contribution in [-0.4, -0.2) is 52.4 Å². The lowest BCUT2D eigenvalue weighted by Gasteiger charge is -2.38. The van der Waals surface area contributed by atoms with Gasteiger partial charge in [0, 0.05) is 37.8 Å². The number of fused-ring (bicyclic) bond motifs is 1. The van der Waals surface area contributed by atoms with Gasteiger partial charge in [0.25, 0.3) is 5.91 Å². The van der Waals surface area contributed by atoms with E-state index in [0.29, 0.717) is 37.8 Å². The molecule has 0 aliphatic carbocycles. The number of amides is 1. The fraction of sp³-hybridized carbons (Fsp3) is 0.409. The number of aromatic nitrogens is 3. The number of carbonyl (C=O) groups is 1. The van der Waals surface area contributed by atoms with E-state index < -0.39 is 17.5 Å². The first kappa shape index (κ1) is 19.9. The van der Waals surface area contributed by atoms with Gasteiger partial charge in [0.05, 0.1) is 36.4 Å². The maximum Gasteiger partial charge on any atom is 0.259 e. The van der Waals surface area contributed by atoms with Crippen molar-refractivity contribution < 1.29 is 18.7 Å². The molecule has 2 fully saturated rings. The molecule has 1 amide bonds. The zero-order valence-corrected chi connectivity index (χ0v) is 17.5. The SMILES string of the molecule is Cc1cn2cc(NC(=O)c3ccc(N4CCC5(CC4)OCCO5)cc3F)nc(C)c2n1. The summed E-state index contributed by atoms with van der Waals surface area (Å²) in [5, 5.41) is 2.69. The van der Waals surface area contributed by atoms with Crippen molar-refractivity contribution in [2.45, 2.75) is 32.5 Å². The molecule has 162 valence electrons. The quantitative estimate of drug-likeness (QED) is 0.695. The highest BCUT2D eigenvalue weighted by Gasteiger charge is 2.39. The number of ether oxygens (including phenoxy) is 2.